The Morgan fingerprint density at radius 2 is 2.12 bits per heavy atom. The van der Waals surface area contributed by atoms with Crippen LogP contribution < -0.4 is 5.32 Å². The van der Waals surface area contributed by atoms with Crippen LogP contribution in [0, 0.1) is 5.82 Å². The maximum atomic E-state index is 13.5. The maximum Gasteiger partial charge on any atom is 0.217 e. The Labute approximate surface area is 158 Å². The highest BCUT2D eigenvalue weighted by atomic mass is 79.9. The van der Waals surface area contributed by atoms with Crippen LogP contribution >= 0.6 is 27.5 Å². The van der Waals surface area contributed by atoms with Crippen molar-refractivity contribution in [1.82, 2.24) is 14.9 Å². The Morgan fingerprint density at radius 1 is 1.36 bits per heavy atom. The molecule has 0 saturated heterocycles. The maximum absolute atomic E-state index is 13.5. The first-order valence-corrected chi connectivity index (χ1v) is 8.90. The van der Waals surface area contributed by atoms with E-state index in [1.165, 1.54) is 13.0 Å². The average Bonchev–Trinajstić information content (AvgIpc) is 2.87. The molecule has 0 saturated carbocycles. The lowest BCUT2D eigenvalue weighted by Crippen LogP contribution is -2.34. The van der Waals surface area contributed by atoms with Crippen LogP contribution in [0.5, 0.6) is 0 Å². The number of hydrogen-bond donors (Lipinski definition) is 1. The van der Waals surface area contributed by atoms with Gasteiger partial charge in [0.25, 0.3) is 0 Å². The minimum absolute atomic E-state index is 0.0483. The second-order valence-corrected chi connectivity index (χ2v) is 7.23. The van der Waals surface area contributed by atoms with E-state index >= 15 is 0 Å². The van der Waals surface area contributed by atoms with Crippen LogP contribution in [0.1, 0.15) is 13.8 Å². The summed E-state index contributed by atoms with van der Waals surface area (Å²) in [5, 5.41) is 2.92. The van der Waals surface area contributed by atoms with E-state index in [1.54, 1.807) is 12.1 Å². The van der Waals surface area contributed by atoms with Gasteiger partial charge in [0.2, 0.25) is 5.91 Å². The fourth-order valence-corrected chi connectivity index (χ4v) is 3.33. The molecule has 1 heterocycles. The van der Waals surface area contributed by atoms with Crippen LogP contribution in [0.3, 0.4) is 0 Å². The number of nitrogens with zero attached hydrogens (tertiary/aromatic N) is 2. The third-order valence-corrected chi connectivity index (χ3v) is 4.58. The molecule has 1 N–H and O–H groups in total. The normalized spacial score (nSPS) is 12.4. The van der Waals surface area contributed by atoms with Gasteiger partial charge in [0.05, 0.1) is 16.1 Å². The van der Waals surface area contributed by atoms with E-state index in [0.717, 1.165) is 15.5 Å². The molecule has 1 atom stereocenters. The molecule has 0 bridgehead atoms. The van der Waals surface area contributed by atoms with Crippen LogP contribution in [0.4, 0.5) is 4.39 Å². The topological polar surface area (TPSA) is 46.9 Å². The summed E-state index contributed by atoms with van der Waals surface area (Å²) in [6.07, 6.45) is 0. The van der Waals surface area contributed by atoms with Crippen LogP contribution in [-0.2, 0) is 11.3 Å². The van der Waals surface area contributed by atoms with Gasteiger partial charge >= 0.3 is 0 Å². The number of halogens is 3. The number of hydrogen-bond acceptors (Lipinski definition) is 2. The second kappa shape index (κ2) is 7.14. The van der Waals surface area contributed by atoms with Gasteiger partial charge in [0, 0.05) is 29.5 Å². The number of carbonyl (C=O) groups excluding carboxylic acids is 1. The molecule has 0 aliphatic rings. The number of rotatable bonds is 4. The molecule has 25 heavy (non-hydrogen) atoms. The zero-order chi connectivity index (χ0) is 18.1. The highest BCUT2D eigenvalue weighted by Crippen LogP contribution is 2.29. The van der Waals surface area contributed by atoms with Crippen molar-refractivity contribution in [2.24, 2.45) is 0 Å². The van der Waals surface area contributed by atoms with E-state index < -0.39 is 5.82 Å². The molecule has 130 valence electrons. The van der Waals surface area contributed by atoms with E-state index in [2.05, 4.69) is 26.2 Å². The summed E-state index contributed by atoms with van der Waals surface area (Å²) in [6, 6.07) is 10.2. The molecule has 0 aliphatic heterocycles. The molecule has 0 fully saturated rings. The van der Waals surface area contributed by atoms with Crippen molar-refractivity contribution in [1.29, 1.82) is 0 Å². The van der Waals surface area contributed by atoms with Crippen molar-refractivity contribution >= 4 is 44.5 Å². The van der Waals surface area contributed by atoms with Crippen LogP contribution in [0.15, 0.2) is 40.9 Å². The molecule has 4 nitrogen and oxygen atoms in total. The fourth-order valence-electron chi connectivity index (χ4n) is 2.80. The lowest BCUT2D eigenvalue weighted by Gasteiger charge is -2.16. The quantitative estimate of drug-likeness (QED) is 0.655. The third kappa shape index (κ3) is 3.85. The first kappa shape index (κ1) is 17.9. The highest BCUT2D eigenvalue weighted by Gasteiger charge is 2.16. The fraction of sp³-hybridized carbons (Fsp3) is 0.222. The minimum atomic E-state index is -0.470. The number of nitrogens with one attached hydrogen (secondary N) is 1. The number of benzene rings is 2. The van der Waals surface area contributed by atoms with Gasteiger partial charge < -0.3 is 9.88 Å². The lowest BCUT2D eigenvalue weighted by atomic mass is 10.2. The number of fused-ring (bicyclic) bond motifs is 1. The van der Waals surface area contributed by atoms with E-state index in [-0.39, 0.29) is 17.0 Å². The van der Waals surface area contributed by atoms with Gasteiger partial charge in [-0.15, -0.1) is 0 Å². The molecular formula is C18H16BrClFN3O. The third-order valence-electron chi connectivity index (χ3n) is 3.79. The van der Waals surface area contributed by atoms with Gasteiger partial charge in [-0.2, -0.15) is 0 Å². The predicted octanol–water partition coefficient (Wildman–Crippen LogP) is 4.78. The number of carbonyl (C=O) groups is 1. The van der Waals surface area contributed by atoms with E-state index in [9.17, 15) is 9.18 Å². The summed E-state index contributed by atoms with van der Waals surface area (Å²) >= 11 is 9.42. The summed E-state index contributed by atoms with van der Waals surface area (Å²) in [5.41, 5.74) is 2.45. The van der Waals surface area contributed by atoms with Crippen LogP contribution in [0.2, 0.25) is 5.02 Å². The molecule has 1 unspecified atom stereocenters. The molecule has 0 aliphatic carbocycles. The summed E-state index contributed by atoms with van der Waals surface area (Å²) in [7, 11) is 0. The van der Waals surface area contributed by atoms with Crippen molar-refractivity contribution in [2.45, 2.75) is 26.4 Å². The Kier molecular flexibility index (Phi) is 5.11. The number of amides is 1. The first-order chi connectivity index (χ1) is 11.8. The first-order valence-electron chi connectivity index (χ1n) is 7.73. The Hall–Kier alpha value is -1.92. The molecule has 1 aromatic heterocycles. The molecular weight excluding hydrogens is 409 g/mol. The van der Waals surface area contributed by atoms with Gasteiger partial charge in [-0.05, 0) is 43.3 Å². The Bertz CT molecular complexity index is 957. The second-order valence-electron chi connectivity index (χ2n) is 5.91. The summed E-state index contributed by atoms with van der Waals surface area (Å²) < 4.78 is 16.4. The van der Waals surface area contributed by atoms with Crippen molar-refractivity contribution in [3.63, 3.8) is 0 Å². The minimum Gasteiger partial charge on any atom is -0.352 e. The van der Waals surface area contributed by atoms with Gasteiger partial charge in [0.1, 0.15) is 11.6 Å². The summed E-state index contributed by atoms with van der Waals surface area (Å²) in [6.45, 7) is 3.93. The summed E-state index contributed by atoms with van der Waals surface area (Å²) in [4.78, 5) is 16.0. The van der Waals surface area contributed by atoms with Gasteiger partial charge in [-0.3, -0.25) is 4.79 Å². The van der Waals surface area contributed by atoms with Gasteiger partial charge in [0.15, 0.2) is 0 Å². The average molecular weight is 425 g/mol. The van der Waals surface area contributed by atoms with E-state index in [0.29, 0.717) is 17.9 Å². The van der Waals surface area contributed by atoms with Crippen molar-refractivity contribution in [3.05, 3.63) is 51.7 Å². The van der Waals surface area contributed by atoms with Crippen molar-refractivity contribution in [3.8, 4) is 11.4 Å². The molecule has 3 aromatic rings. The number of aromatic nitrogens is 2. The largest absolute Gasteiger partial charge is 0.352 e. The zero-order valence-corrected chi connectivity index (χ0v) is 16.0. The van der Waals surface area contributed by atoms with Gasteiger partial charge in [-0.25, -0.2) is 9.37 Å². The predicted molar refractivity (Wildman–Crippen MR) is 101 cm³/mol. The summed E-state index contributed by atoms with van der Waals surface area (Å²) in [5.74, 6) is 0.110. The molecule has 3 rings (SSSR count). The Balaban J connectivity index is 2.14. The smallest absolute Gasteiger partial charge is 0.217 e. The molecule has 7 heteroatoms. The van der Waals surface area contributed by atoms with Gasteiger partial charge in [-0.1, -0.05) is 27.5 Å². The monoisotopic (exact) mass is 423 g/mol. The van der Waals surface area contributed by atoms with E-state index in [4.69, 9.17) is 11.6 Å². The van der Waals surface area contributed by atoms with E-state index in [1.807, 2.05) is 29.7 Å². The van der Waals surface area contributed by atoms with Crippen molar-refractivity contribution in [2.75, 3.05) is 0 Å². The molecule has 0 spiro atoms. The van der Waals surface area contributed by atoms with Crippen molar-refractivity contribution < 1.29 is 9.18 Å². The molecule has 1 amide bonds. The van der Waals surface area contributed by atoms with Crippen LogP contribution in [-0.4, -0.2) is 21.5 Å². The lowest BCUT2D eigenvalue weighted by molar-refractivity contribution is -0.119. The zero-order valence-electron chi connectivity index (χ0n) is 13.7. The SMILES string of the molecule is CC(=O)NC(C)Cn1c(-c2ccc(F)c(Cl)c2)nc2ccc(Br)cc21. The molecule has 2 aromatic carbocycles. The molecule has 0 radical (unpaired) electrons. The highest BCUT2D eigenvalue weighted by molar-refractivity contribution is 9.10. The standard InChI is InChI=1S/C18H16BrClFN3O/c1-10(22-11(2)25)9-24-17-8-13(19)4-6-16(17)23-18(24)12-3-5-15(21)14(20)7-12/h3-8,10H,9H2,1-2H3,(H,22,25). The number of imidazole rings is 1. The van der Waals surface area contributed by atoms with Crippen LogP contribution in [0.25, 0.3) is 22.4 Å². The Morgan fingerprint density at radius 3 is 2.80 bits per heavy atom.